The van der Waals surface area contributed by atoms with Gasteiger partial charge >= 0.3 is 6.61 Å². The van der Waals surface area contributed by atoms with Crippen molar-refractivity contribution in [1.29, 1.82) is 0 Å². The second-order valence-corrected chi connectivity index (χ2v) is 4.58. The normalized spacial score (nSPS) is 10.5. The van der Waals surface area contributed by atoms with Crippen LogP contribution in [0.3, 0.4) is 0 Å². The highest BCUT2D eigenvalue weighted by Gasteiger charge is 2.09. The van der Waals surface area contributed by atoms with Crippen molar-refractivity contribution < 1.29 is 13.5 Å². The lowest BCUT2D eigenvalue weighted by Gasteiger charge is -2.10. The minimum Gasteiger partial charge on any atom is -0.433 e. The van der Waals surface area contributed by atoms with E-state index in [4.69, 9.17) is 12.2 Å². The molecule has 0 aliphatic heterocycles. The van der Waals surface area contributed by atoms with Gasteiger partial charge in [-0.3, -0.25) is 5.10 Å². The molecular formula is C9H7F2N3OS2. The van der Waals surface area contributed by atoms with E-state index >= 15 is 0 Å². The highest BCUT2D eigenvalue weighted by Crippen LogP contribution is 2.29. The van der Waals surface area contributed by atoms with Gasteiger partial charge in [0.2, 0.25) is 5.13 Å². The molecule has 0 fully saturated rings. The minimum atomic E-state index is -2.87. The zero-order valence-electron chi connectivity index (χ0n) is 8.31. The number of nitrogens with zero attached hydrogens (tertiary/aromatic N) is 1. The number of aromatic amines is 1. The molecule has 0 amide bonds. The molecule has 90 valence electrons. The van der Waals surface area contributed by atoms with E-state index in [-0.39, 0.29) is 5.75 Å². The Morgan fingerprint density at radius 3 is 2.82 bits per heavy atom. The van der Waals surface area contributed by atoms with Crippen LogP contribution in [-0.4, -0.2) is 16.8 Å². The van der Waals surface area contributed by atoms with Crippen molar-refractivity contribution in [3.8, 4) is 5.75 Å². The van der Waals surface area contributed by atoms with Crippen molar-refractivity contribution in [3.05, 3.63) is 28.2 Å². The topological polar surface area (TPSA) is 49.9 Å². The van der Waals surface area contributed by atoms with Crippen LogP contribution in [0.2, 0.25) is 0 Å². The van der Waals surface area contributed by atoms with Crippen LogP contribution in [0.5, 0.6) is 5.75 Å². The molecule has 8 heteroatoms. The summed E-state index contributed by atoms with van der Waals surface area (Å²) in [5.41, 5.74) is 0.408. The van der Waals surface area contributed by atoms with Gasteiger partial charge in [0, 0.05) is 0 Å². The average Bonchev–Trinajstić information content (AvgIpc) is 2.66. The van der Waals surface area contributed by atoms with E-state index in [1.54, 1.807) is 18.2 Å². The molecule has 0 saturated heterocycles. The molecule has 0 spiro atoms. The maximum absolute atomic E-state index is 12.2. The van der Waals surface area contributed by atoms with Gasteiger partial charge in [0.1, 0.15) is 5.75 Å². The minimum absolute atomic E-state index is 0.0589. The number of ether oxygens (including phenoxy) is 1. The van der Waals surface area contributed by atoms with Crippen LogP contribution < -0.4 is 10.1 Å². The molecule has 0 aliphatic carbocycles. The summed E-state index contributed by atoms with van der Waals surface area (Å²) in [6.07, 6.45) is 0. The van der Waals surface area contributed by atoms with Gasteiger partial charge in [-0.2, -0.15) is 8.78 Å². The van der Waals surface area contributed by atoms with E-state index in [2.05, 4.69) is 20.3 Å². The van der Waals surface area contributed by atoms with E-state index in [9.17, 15) is 8.78 Å². The summed E-state index contributed by atoms with van der Waals surface area (Å²) in [7, 11) is 0. The van der Waals surface area contributed by atoms with Gasteiger partial charge in [-0.25, -0.2) is 0 Å². The first-order valence-corrected chi connectivity index (χ1v) is 5.74. The fourth-order valence-electron chi connectivity index (χ4n) is 1.17. The molecule has 1 aromatic heterocycles. The van der Waals surface area contributed by atoms with Crippen molar-refractivity contribution in [2.45, 2.75) is 6.61 Å². The Balaban J connectivity index is 2.23. The Morgan fingerprint density at radius 2 is 2.18 bits per heavy atom. The van der Waals surface area contributed by atoms with Gasteiger partial charge in [-0.05, 0) is 24.4 Å². The van der Waals surface area contributed by atoms with Crippen LogP contribution in [0.1, 0.15) is 0 Å². The summed E-state index contributed by atoms with van der Waals surface area (Å²) in [5.74, 6) is 0.0589. The molecule has 0 radical (unpaired) electrons. The Morgan fingerprint density at radius 1 is 1.41 bits per heavy atom. The van der Waals surface area contributed by atoms with Crippen molar-refractivity contribution in [1.82, 2.24) is 10.2 Å². The van der Waals surface area contributed by atoms with Crippen molar-refractivity contribution in [3.63, 3.8) is 0 Å². The van der Waals surface area contributed by atoms with Crippen molar-refractivity contribution in [2.24, 2.45) is 0 Å². The lowest BCUT2D eigenvalue weighted by molar-refractivity contribution is -0.0493. The zero-order valence-corrected chi connectivity index (χ0v) is 9.95. The van der Waals surface area contributed by atoms with Crippen LogP contribution in [0.25, 0.3) is 0 Å². The van der Waals surface area contributed by atoms with E-state index in [0.717, 1.165) is 0 Å². The van der Waals surface area contributed by atoms with Gasteiger partial charge in [0.05, 0.1) is 5.69 Å². The first-order valence-electron chi connectivity index (χ1n) is 4.51. The molecule has 1 heterocycles. The fraction of sp³-hybridized carbons (Fsp3) is 0.111. The lowest BCUT2D eigenvalue weighted by atomic mass is 10.3. The monoisotopic (exact) mass is 275 g/mol. The van der Waals surface area contributed by atoms with E-state index in [1.165, 1.54) is 17.4 Å². The molecule has 4 nitrogen and oxygen atoms in total. The largest absolute Gasteiger partial charge is 0.433 e. The third-order valence-corrected chi connectivity index (χ3v) is 2.79. The van der Waals surface area contributed by atoms with Gasteiger partial charge < -0.3 is 10.1 Å². The second kappa shape index (κ2) is 5.19. The Labute approximate surface area is 104 Å². The second-order valence-electron chi connectivity index (χ2n) is 2.92. The SMILES string of the molecule is FC(F)Oc1ccccc1Nc1n[nH]c(=S)s1. The number of para-hydroxylation sites is 2. The summed E-state index contributed by atoms with van der Waals surface area (Å²) in [5, 5.41) is 9.78. The van der Waals surface area contributed by atoms with Crippen LogP contribution in [0, 0.1) is 3.95 Å². The van der Waals surface area contributed by atoms with Crippen LogP contribution in [0.4, 0.5) is 19.6 Å². The quantitative estimate of drug-likeness (QED) is 0.838. The fourth-order valence-corrected chi connectivity index (χ4v) is 1.97. The third-order valence-electron chi connectivity index (χ3n) is 1.78. The van der Waals surface area contributed by atoms with E-state index in [1.807, 2.05) is 0 Å². The molecule has 0 atom stereocenters. The summed E-state index contributed by atoms with van der Waals surface area (Å²) in [4.78, 5) is 0. The Hall–Kier alpha value is -1.54. The first-order chi connectivity index (χ1) is 8.15. The number of rotatable bonds is 4. The number of H-pyrrole nitrogens is 1. The predicted octanol–water partition coefficient (Wildman–Crippen LogP) is 3.55. The van der Waals surface area contributed by atoms with Crippen molar-refractivity contribution >= 4 is 34.4 Å². The van der Waals surface area contributed by atoms with Crippen LogP contribution in [0.15, 0.2) is 24.3 Å². The molecule has 0 unspecified atom stereocenters. The van der Waals surface area contributed by atoms with Gasteiger partial charge in [-0.1, -0.05) is 23.5 Å². The average molecular weight is 275 g/mol. The van der Waals surface area contributed by atoms with Crippen molar-refractivity contribution in [2.75, 3.05) is 5.32 Å². The molecule has 2 rings (SSSR count). The number of hydrogen-bond acceptors (Lipinski definition) is 5. The predicted molar refractivity (Wildman–Crippen MR) is 63.7 cm³/mol. The maximum atomic E-state index is 12.2. The number of halogens is 2. The van der Waals surface area contributed by atoms with E-state index < -0.39 is 6.61 Å². The molecule has 2 aromatic rings. The summed E-state index contributed by atoms with van der Waals surface area (Å²) in [6, 6.07) is 6.37. The molecule has 1 aromatic carbocycles. The number of alkyl halides is 2. The molecule has 0 aliphatic rings. The zero-order chi connectivity index (χ0) is 12.3. The highest BCUT2D eigenvalue weighted by molar-refractivity contribution is 7.73. The lowest BCUT2D eigenvalue weighted by Crippen LogP contribution is -2.04. The van der Waals surface area contributed by atoms with Gasteiger partial charge in [-0.15, -0.1) is 5.10 Å². The maximum Gasteiger partial charge on any atom is 0.387 e. The van der Waals surface area contributed by atoms with E-state index in [0.29, 0.717) is 14.8 Å². The highest BCUT2D eigenvalue weighted by atomic mass is 32.1. The summed E-state index contributed by atoms with van der Waals surface area (Å²) in [6.45, 7) is -2.87. The molecule has 0 bridgehead atoms. The number of anilines is 2. The Bertz CT molecular complexity index is 555. The first kappa shape index (κ1) is 11.9. The molecule has 0 saturated carbocycles. The smallest absolute Gasteiger partial charge is 0.387 e. The third kappa shape index (κ3) is 3.21. The molecule has 2 N–H and O–H groups in total. The molecule has 17 heavy (non-hydrogen) atoms. The summed E-state index contributed by atoms with van der Waals surface area (Å²) < 4.78 is 29.2. The standard InChI is InChI=1S/C9H7F2N3OS2/c10-7(11)15-6-4-2-1-3-5(6)12-8-13-14-9(16)17-8/h1-4,7H,(H,12,13)(H,14,16). The van der Waals surface area contributed by atoms with Gasteiger partial charge in [0.15, 0.2) is 3.95 Å². The number of nitrogens with one attached hydrogen (secondary N) is 2. The van der Waals surface area contributed by atoms with Crippen LogP contribution >= 0.6 is 23.6 Å². The Kier molecular flexibility index (Phi) is 3.64. The van der Waals surface area contributed by atoms with Gasteiger partial charge in [0.25, 0.3) is 0 Å². The number of hydrogen-bond donors (Lipinski definition) is 2. The van der Waals surface area contributed by atoms with Crippen LogP contribution in [-0.2, 0) is 0 Å². The number of aromatic nitrogens is 2. The molecular weight excluding hydrogens is 268 g/mol. The number of benzene rings is 1. The summed E-state index contributed by atoms with van der Waals surface area (Å²) >= 11 is 6.07.